The molecule has 9 heteroatoms. The summed E-state index contributed by atoms with van der Waals surface area (Å²) in [5.41, 5.74) is 1.01. The highest BCUT2D eigenvalue weighted by Gasteiger charge is 2.10. The Hall–Kier alpha value is -5.05. The quantitative estimate of drug-likeness (QED) is 0.309. The SMILES string of the molecule is Cc1nccn1-c1cc(Oc2ccc(NC(=O)c3cccc(Oc4ccc(F)cc4)c3)cc2)ncn1. The van der Waals surface area contributed by atoms with Gasteiger partial charge < -0.3 is 14.8 Å². The van der Waals surface area contributed by atoms with E-state index in [-0.39, 0.29) is 11.7 Å². The van der Waals surface area contributed by atoms with Gasteiger partial charge >= 0.3 is 0 Å². The molecular formula is C27H20FN5O3. The molecule has 0 unspecified atom stereocenters. The van der Waals surface area contributed by atoms with E-state index in [1.807, 2.05) is 17.7 Å². The van der Waals surface area contributed by atoms with Gasteiger partial charge in [-0.05, 0) is 73.7 Å². The second-order valence-corrected chi connectivity index (χ2v) is 7.72. The lowest BCUT2D eigenvalue weighted by atomic mass is 10.2. The van der Waals surface area contributed by atoms with Crippen LogP contribution in [0.5, 0.6) is 23.1 Å². The third kappa shape index (κ3) is 5.36. The molecule has 8 nitrogen and oxygen atoms in total. The molecule has 0 radical (unpaired) electrons. The van der Waals surface area contributed by atoms with Crippen LogP contribution in [-0.4, -0.2) is 25.4 Å². The van der Waals surface area contributed by atoms with E-state index in [9.17, 15) is 9.18 Å². The summed E-state index contributed by atoms with van der Waals surface area (Å²) in [5, 5.41) is 2.85. The zero-order chi connectivity index (χ0) is 24.9. The van der Waals surface area contributed by atoms with E-state index in [0.717, 1.165) is 5.82 Å². The van der Waals surface area contributed by atoms with Gasteiger partial charge in [-0.2, -0.15) is 0 Å². The molecule has 36 heavy (non-hydrogen) atoms. The highest BCUT2D eigenvalue weighted by atomic mass is 19.1. The number of imidazole rings is 1. The largest absolute Gasteiger partial charge is 0.457 e. The van der Waals surface area contributed by atoms with Crippen LogP contribution >= 0.6 is 0 Å². The van der Waals surface area contributed by atoms with E-state index < -0.39 is 0 Å². The Morgan fingerprint density at radius 2 is 1.61 bits per heavy atom. The van der Waals surface area contributed by atoms with Crippen molar-refractivity contribution in [1.29, 1.82) is 0 Å². The van der Waals surface area contributed by atoms with Crippen molar-refractivity contribution in [3.8, 4) is 28.9 Å². The predicted molar refractivity (Wildman–Crippen MR) is 131 cm³/mol. The van der Waals surface area contributed by atoms with E-state index in [4.69, 9.17) is 9.47 Å². The summed E-state index contributed by atoms with van der Waals surface area (Å²) in [6.45, 7) is 1.88. The molecule has 0 saturated carbocycles. The predicted octanol–water partition coefficient (Wildman–Crippen LogP) is 5.95. The molecule has 0 fully saturated rings. The number of benzene rings is 3. The summed E-state index contributed by atoms with van der Waals surface area (Å²) in [4.78, 5) is 25.4. The molecule has 1 amide bonds. The van der Waals surface area contributed by atoms with Crippen molar-refractivity contribution in [1.82, 2.24) is 19.5 Å². The third-order valence-electron chi connectivity index (χ3n) is 5.18. The van der Waals surface area contributed by atoms with Crippen molar-refractivity contribution in [3.63, 3.8) is 0 Å². The summed E-state index contributed by atoms with van der Waals surface area (Å²) in [6, 6.07) is 21.0. The second-order valence-electron chi connectivity index (χ2n) is 7.72. The van der Waals surface area contributed by atoms with E-state index in [1.165, 1.54) is 30.6 Å². The molecule has 0 aliphatic carbocycles. The van der Waals surface area contributed by atoms with Gasteiger partial charge in [-0.3, -0.25) is 9.36 Å². The molecule has 2 aromatic heterocycles. The fourth-order valence-corrected chi connectivity index (χ4v) is 3.41. The molecule has 3 aromatic carbocycles. The molecule has 0 aliphatic rings. The van der Waals surface area contributed by atoms with Crippen LogP contribution in [0, 0.1) is 12.7 Å². The van der Waals surface area contributed by atoms with Crippen LogP contribution in [0.15, 0.2) is 97.6 Å². The van der Waals surface area contributed by atoms with E-state index in [2.05, 4.69) is 20.3 Å². The van der Waals surface area contributed by atoms with Gasteiger partial charge in [0, 0.05) is 29.7 Å². The van der Waals surface area contributed by atoms with Crippen LogP contribution in [0.1, 0.15) is 16.2 Å². The first-order valence-corrected chi connectivity index (χ1v) is 11.0. The minimum atomic E-state index is -0.349. The molecule has 1 N–H and O–H groups in total. The molecule has 178 valence electrons. The topological polar surface area (TPSA) is 91.2 Å². The Labute approximate surface area is 206 Å². The standard InChI is InChI=1S/C27H20FN5O3/c1-18-29-13-14-33(18)25-16-26(31-17-30-25)36-23-11-7-21(8-12-23)32-27(34)19-3-2-4-24(15-19)35-22-9-5-20(28)6-10-22/h2-17H,1H3,(H,32,34). The van der Waals surface area contributed by atoms with Gasteiger partial charge in [0.15, 0.2) is 0 Å². The second kappa shape index (κ2) is 10.1. The number of anilines is 1. The molecular weight excluding hydrogens is 461 g/mol. The minimum absolute atomic E-state index is 0.302. The maximum Gasteiger partial charge on any atom is 0.255 e. The highest BCUT2D eigenvalue weighted by molar-refractivity contribution is 6.04. The molecule has 0 spiro atoms. The number of rotatable bonds is 7. The van der Waals surface area contributed by atoms with Crippen LogP contribution in [0.2, 0.25) is 0 Å². The highest BCUT2D eigenvalue weighted by Crippen LogP contribution is 2.25. The molecule has 0 saturated heterocycles. The van der Waals surface area contributed by atoms with E-state index >= 15 is 0 Å². The first-order chi connectivity index (χ1) is 17.5. The lowest BCUT2D eigenvalue weighted by molar-refractivity contribution is 0.102. The minimum Gasteiger partial charge on any atom is -0.457 e. The zero-order valence-electron chi connectivity index (χ0n) is 19.1. The van der Waals surface area contributed by atoms with Gasteiger partial charge in [-0.25, -0.2) is 19.3 Å². The van der Waals surface area contributed by atoms with Crippen molar-refractivity contribution in [2.45, 2.75) is 6.92 Å². The number of nitrogens with one attached hydrogen (secondary N) is 1. The number of amides is 1. The first kappa shape index (κ1) is 22.7. The number of carbonyl (C=O) groups excluding carboxylic acids is 1. The van der Waals surface area contributed by atoms with Crippen molar-refractivity contribution in [2.24, 2.45) is 0 Å². The molecule has 2 heterocycles. The lowest BCUT2D eigenvalue weighted by Crippen LogP contribution is -2.11. The smallest absolute Gasteiger partial charge is 0.255 e. The van der Waals surface area contributed by atoms with Crippen LogP contribution < -0.4 is 14.8 Å². The van der Waals surface area contributed by atoms with Gasteiger partial charge in [-0.15, -0.1) is 0 Å². The first-order valence-electron chi connectivity index (χ1n) is 11.0. The summed E-state index contributed by atoms with van der Waals surface area (Å²) < 4.78 is 26.5. The summed E-state index contributed by atoms with van der Waals surface area (Å²) in [6.07, 6.45) is 4.93. The molecule has 5 aromatic rings. The maximum atomic E-state index is 13.1. The number of aryl methyl sites for hydroxylation is 1. The van der Waals surface area contributed by atoms with Gasteiger partial charge in [-0.1, -0.05) is 6.07 Å². The Kier molecular flexibility index (Phi) is 6.35. The van der Waals surface area contributed by atoms with Gasteiger partial charge in [0.05, 0.1) is 0 Å². The average molecular weight is 481 g/mol. The lowest BCUT2D eigenvalue weighted by Gasteiger charge is -2.10. The van der Waals surface area contributed by atoms with Crippen molar-refractivity contribution < 1.29 is 18.7 Å². The van der Waals surface area contributed by atoms with Crippen LogP contribution in [0.4, 0.5) is 10.1 Å². The molecule has 5 rings (SSSR count). The normalized spacial score (nSPS) is 10.6. The Balaban J connectivity index is 1.23. The van der Waals surface area contributed by atoms with Gasteiger partial charge in [0.2, 0.25) is 5.88 Å². The molecule has 0 atom stereocenters. The Morgan fingerprint density at radius 3 is 2.36 bits per heavy atom. The number of carbonyl (C=O) groups is 1. The van der Waals surface area contributed by atoms with E-state index in [0.29, 0.717) is 40.2 Å². The fraction of sp³-hybridized carbons (Fsp3) is 0.0370. The molecule has 0 bridgehead atoms. The fourth-order valence-electron chi connectivity index (χ4n) is 3.41. The number of aromatic nitrogens is 4. The van der Waals surface area contributed by atoms with Crippen molar-refractivity contribution >= 4 is 11.6 Å². The zero-order valence-corrected chi connectivity index (χ0v) is 19.1. The molecule has 0 aliphatic heterocycles. The average Bonchev–Trinajstić information content (AvgIpc) is 3.33. The summed E-state index contributed by atoms with van der Waals surface area (Å²) >= 11 is 0. The van der Waals surface area contributed by atoms with Crippen molar-refractivity contribution in [3.05, 3.63) is 115 Å². The number of ether oxygens (including phenoxy) is 2. The van der Waals surface area contributed by atoms with Crippen LogP contribution in [-0.2, 0) is 0 Å². The number of hydrogen-bond acceptors (Lipinski definition) is 6. The summed E-state index contributed by atoms with van der Waals surface area (Å²) in [7, 11) is 0. The van der Waals surface area contributed by atoms with Gasteiger partial charge in [0.25, 0.3) is 5.91 Å². The summed E-state index contributed by atoms with van der Waals surface area (Å²) in [5.74, 6) is 2.66. The van der Waals surface area contributed by atoms with Crippen LogP contribution in [0.3, 0.4) is 0 Å². The van der Waals surface area contributed by atoms with Gasteiger partial charge in [0.1, 0.15) is 41.0 Å². The monoisotopic (exact) mass is 481 g/mol. The number of hydrogen-bond donors (Lipinski definition) is 1. The van der Waals surface area contributed by atoms with E-state index in [1.54, 1.807) is 60.8 Å². The Bertz CT molecular complexity index is 1500. The van der Waals surface area contributed by atoms with Crippen LogP contribution in [0.25, 0.3) is 5.82 Å². The number of nitrogens with zero attached hydrogens (tertiary/aromatic N) is 4. The van der Waals surface area contributed by atoms with Crippen molar-refractivity contribution in [2.75, 3.05) is 5.32 Å². The Morgan fingerprint density at radius 1 is 0.861 bits per heavy atom. The number of halogens is 1. The third-order valence-corrected chi connectivity index (χ3v) is 5.18. The maximum absolute atomic E-state index is 13.1.